The molecule has 1 unspecified atom stereocenters. The molecule has 0 spiro atoms. The van der Waals surface area contributed by atoms with Gasteiger partial charge in [0, 0.05) is 51.2 Å². The lowest BCUT2D eigenvalue weighted by Gasteiger charge is -2.50. The van der Waals surface area contributed by atoms with Crippen LogP contribution < -0.4 is 10.6 Å². The standard InChI is InChI=1S/C73H57N7O7S2/c1-2-59(79-47-74-57-43-61(81)62(82)44-60(57)79)56-45-88-69-64(68(84)80(69)65(56)70(85)86-66(48-27-11-3-12-28-48)49-29-13-4-14-30-49)76-67(83)63(78-87-73(53-37-21-8-22-38-53,54-39-23-9-24-40-54)55-41-25-10-26-42-55)58-46-89-71(75-58)77-72(50-31-15-5-16-32-50,51-33-17-6-18-34-51)52-35-19-7-20-36-52/h2-44,46-47,64,66,69,81-82H,45H2,1H3,(H,75,77)(H,76,83)/b59-2+,78-63-/t64?,69-/m1/s1. The van der Waals surface area contributed by atoms with Gasteiger partial charge in [-0.15, -0.1) is 23.1 Å². The Labute approximate surface area is 521 Å². The minimum atomic E-state index is -1.42. The molecule has 438 valence electrons. The first-order chi connectivity index (χ1) is 43.7. The SMILES string of the molecule is C/C=C(\C1=C(C(=O)OC(c2ccccc2)c2ccccc2)N2C(=O)C(NC(=O)/C(=N\OC(c3ccccc3)(c3ccccc3)c3ccccc3)c3csc(NC(c4ccccc4)(c4ccccc4)c4ccccc4)n3)[C@H]2SC1)n1cnc2cc(O)c(O)cc21. The maximum absolute atomic E-state index is 15.8. The van der Waals surface area contributed by atoms with Crippen LogP contribution in [0.15, 0.2) is 289 Å². The summed E-state index contributed by atoms with van der Waals surface area (Å²) in [5, 5.41) is 34.3. The van der Waals surface area contributed by atoms with Gasteiger partial charge in [-0.1, -0.05) is 254 Å². The number of aromatic nitrogens is 3. The predicted molar refractivity (Wildman–Crippen MR) is 348 cm³/mol. The Morgan fingerprint density at radius 3 is 1.60 bits per heavy atom. The Kier molecular flexibility index (Phi) is 16.0. The summed E-state index contributed by atoms with van der Waals surface area (Å²) in [7, 11) is 0. The molecule has 2 aromatic heterocycles. The van der Waals surface area contributed by atoms with Crippen LogP contribution in [-0.2, 0) is 35.1 Å². The van der Waals surface area contributed by atoms with E-state index in [2.05, 4.69) is 52.0 Å². The van der Waals surface area contributed by atoms with E-state index in [9.17, 15) is 10.2 Å². The lowest BCUT2D eigenvalue weighted by atomic mass is 9.77. The first kappa shape index (κ1) is 57.3. The second kappa shape index (κ2) is 24.9. The first-order valence-corrected chi connectivity index (χ1v) is 30.8. The van der Waals surface area contributed by atoms with Crippen molar-refractivity contribution in [3.05, 3.63) is 334 Å². The maximum atomic E-state index is 15.8. The summed E-state index contributed by atoms with van der Waals surface area (Å²) in [5.41, 5.74) is 5.62. The van der Waals surface area contributed by atoms with E-state index in [0.717, 1.165) is 33.4 Å². The van der Waals surface area contributed by atoms with Gasteiger partial charge in [-0.2, -0.15) is 0 Å². The number of nitrogens with one attached hydrogen (secondary N) is 2. The Bertz CT molecular complexity index is 4210. The lowest BCUT2D eigenvalue weighted by molar-refractivity contribution is -0.154. The molecule has 0 bridgehead atoms. The number of hydrogen-bond donors (Lipinski definition) is 4. The van der Waals surface area contributed by atoms with E-state index in [0.29, 0.717) is 38.6 Å². The number of allylic oxidation sites excluding steroid dienone is 2. The van der Waals surface area contributed by atoms with Gasteiger partial charge in [-0.05, 0) is 34.7 Å². The molecule has 2 aliphatic heterocycles. The van der Waals surface area contributed by atoms with E-state index >= 15 is 14.4 Å². The lowest BCUT2D eigenvalue weighted by Crippen LogP contribution is -2.71. The van der Waals surface area contributed by atoms with Crippen molar-refractivity contribution in [3.63, 3.8) is 0 Å². The van der Waals surface area contributed by atoms with Crippen LogP contribution in [0.3, 0.4) is 0 Å². The van der Waals surface area contributed by atoms with Gasteiger partial charge in [-0.3, -0.25) is 19.1 Å². The van der Waals surface area contributed by atoms with Crippen LogP contribution in [0.2, 0.25) is 0 Å². The summed E-state index contributed by atoms with van der Waals surface area (Å²) in [5.74, 6) is -2.70. The van der Waals surface area contributed by atoms with Gasteiger partial charge in [0.05, 0.1) is 11.0 Å². The number of phenols is 2. The van der Waals surface area contributed by atoms with E-state index in [1.807, 2.05) is 206 Å². The molecule has 14 nitrogen and oxygen atoms in total. The fraction of sp³-hybridized carbons (Fsp3) is 0.0959. The minimum absolute atomic E-state index is 0.0383. The number of hydrogen-bond acceptors (Lipinski definition) is 13. The highest BCUT2D eigenvalue weighted by Gasteiger charge is 2.56. The number of thioether (sulfide) groups is 1. The number of aromatic hydroxyl groups is 2. The van der Waals surface area contributed by atoms with E-state index < -0.39 is 46.4 Å². The molecule has 11 aromatic rings. The number of nitrogens with zero attached hydrogens (tertiary/aromatic N) is 5. The third-order valence-corrected chi connectivity index (χ3v) is 18.1. The molecule has 89 heavy (non-hydrogen) atoms. The summed E-state index contributed by atoms with van der Waals surface area (Å²) in [6, 6.07) is 79.6. The maximum Gasteiger partial charge on any atom is 0.356 e. The molecule has 0 radical (unpaired) electrons. The van der Waals surface area contributed by atoms with Gasteiger partial charge in [0.25, 0.3) is 11.8 Å². The van der Waals surface area contributed by atoms with Gasteiger partial charge in [-0.25, -0.2) is 14.8 Å². The second-order valence-electron chi connectivity index (χ2n) is 21.2. The van der Waals surface area contributed by atoms with Gasteiger partial charge in [0.15, 0.2) is 28.4 Å². The highest BCUT2D eigenvalue weighted by molar-refractivity contribution is 8.00. The molecule has 4 N–H and O–H groups in total. The van der Waals surface area contributed by atoms with Crippen molar-refractivity contribution in [3.8, 4) is 11.5 Å². The largest absolute Gasteiger partial charge is 0.504 e. The topological polar surface area (TPSA) is 180 Å². The predicted octanol–water partition coefficient (Wildman–Crippen LogP) is 13.6. The Hall–Kier alpha value is -10.8. The van der Waals surface area contributed by atoms with Gasteiger partial charge < -0.3 is 30.4 Å². The molecule has 2 atom stereocenters. The van der Waals surface area contributed by atoms with Crippen molar-refractivity contribution in [2.45, 2.75) is 35.6 Å². The van der Waals surface area contributed by atoms with Crippen molar-refractivity contribution in [1.82, 2.24) is 24.8 Å². The summed E-state index contributed by atoms with van der Waals surface area (Å²) < 4.78 is 8.27. The highest BCUT2D eigenvalue weighted by atomic mass is 32.2. The number of imidazole rings is 1. The average Bonchev–Trinajstić information content (AvgIpc) is 1.89. The Morgan fingerprint density at radius 1 is 0.652 bits per heavy atom. The fourth-order valence-electron chi connectivity index (χ4n) is 11.8. The number of esters is 1. The number of carbonyl (C=O) groups excluding carboxylic acids is 3. The number of fused-ring (bicyclic) bond motifs is 2. The van der Waals surface area contributed by atoms with E-state index in [1.165, 1.54) is 46.5 Å². The zero-order valence-corrected chi connectivity index (χ0v) is 49.5. The molecule has 4 heterocycles. The molecule has 2 amide bonds. The number of rotatable bonds is 19. The van der Waals surface area contributed by atoms with E-state index in [-0.39, 0.29) is 34.4 Å². The van der Waals surface area contributed by atoms with Crippen molar-refractivity contribution >= 4 is 68.5 Å². The molecule has 9 aromatic carbocycles. The molecule has 0 aliphatic carbocycles. The third-order valence-electron chi connectivity index (χ3n) is 16.1. The van der Waals surface area contributed by atoms with Crippen LogP contribution in [0.5, 0.6) is 11.5 Å². The number of β-lactam (4-membered cyclic amide) rings is 1. The highest BCUT2D eigenvalue weighted by Crippen LogP contribution is 2.47. The van der Waals surface area contributed by atoms with Crippen LogP contribution in [0.1, 0.15) is 63.2 Å². The fourth-order valence-corrected chi connectivity index (χ4v) is 13.9. The van der Waals surface area contributed by atoms with Crippen molar-refractivity contribution in [2.75, 3.05) is 11.1 Å². The van der Waals surface area contributed by atoms with Crippen LogP contribution in [0.25, 0.3) is 16.7 Å². The molecule has 16 heteroatoms. The van der Waals surface area contributed by atoms with Crippen molar-refractivity contribution < 1.29 is 34.2 Å². The summed E-state index contributed by atoms with van der Waals surface area (Å²) in [6.07, 6.45) is 2.43. The molecular formula is C73H57N7O7S2. The quantitative estimate of drug-likeness (QED) is 0.0151. The molecule has 0 saturated carbocycles. The normalized spacial score (nSPS) is 15.3. The van der Waals surface area contributed by atoms with Crippen LogP contribution in [-0.4, -0.2) is 70.3 Å². The zero-order valence-electron chi connectivity index (χ0n) is 47.9. The number of amides is 2. The summed E-state index contributed by atoms with van der Waals surface area (Å²) >= 11 is 2.63. The van der Waals surface area contributed by atoms with Crippen molar-refractivity contribution in [2.24, 2.45) is 5.16 Å². The number of thiazole rings is 1. The smallest absolute Gasteiger partial charge is 0.356 e. The van der Waals surface area contributed by atoms with Crippen LogP contribution >= 0.6 is 23.1 Å². The first-order valence-electron chi connectivity index (χ1n) is 28.9. The number of carbonyl (C=O) groups is 3. The number of benzene rings is 9. The van der Waals surface area contributed by atoms with Gasteiger partial charge in [0.2, 0.25) is 5.60 Å². The molecular weight excluding hydrogens is 1150 g/mol. The molecule has 1 fully saturated rings. The molecule has 1 saturated heterocycles. The Morgan fingerprint density at radius 2 is 1.11 bits per heavy atom. The van der Waals surface area contributed by atoms with Crippen LogP contribution in [0.4, 0.5) is 5.13 Å². The minimum Gasteiger partial charge on any atom is -0.504 e. The summed E-state index contributed by atoms with van der Waals surface area (Å²) in [6.45, 7) is 1.79. The third kappa shape index (κ3) is 10.8. The zero-order chi connectivity index (χ0) is 60.9. The monoisotopic (exact) mass is 1210 g/mol. The van der Waals surface area contributed by atoms with Gasteiger partial charge in [0.1, 0.15) is 34.7 Å². The number of phenolic OH excluding ortho intramolecular Hbond substituents is 2. The van der Waals surface area contributed by atoms with Crippen molar-refractivity contribution in [1.29, 1.82) is 0 Å². The Balaban J connectivity index is 0.915. The molecule has 13 rings (SSSR count). The van der Waals surface area contributed by atoms with E-state index in [1.54, 1.807) is 22.9 Å². The number of oxime groups is 1. The van der Waals surface area contributed by atoms with Gasteiger partial charge >= 0.3 is 5.97 Å². The average molecular weight is 1210 g/mol. The molecule has 2 aliphatic rings. The summed E-state index contributed by atoms with van der Waals surface area (Å²) in [4.78, 5) is 64.7. The second-order valence-corrected chi connectivity index (χ2v) is 23.2. The van der Waals surface area contributed by atoms with E-state index in [4.69, 9.17) is 19.7 Å². The number of anilines is 1. The van der Waals surface area contributed by atoms with Crippen LogP contribution in [0, 0.1) is 0 Å². The number of ether oxygens (including phenoxy) is 1.